The molecular weight excluding hydrogens is 252 g/mol. The van der Waals surface area contributed by atoms with Gasteiger partial charge in [0.05, 0.1) is 0 Å². The predicted octanol–water partition coefficient (Wildman–Crippen LogP) is 2.08. The van der Waals surface area contributed by atoms with Gasteiger partial charge in [0.15, 0.2) is 0 Å². The molecule has 3 fully saturated rings. The molecule has 1 heterocycles. The third-order valence-electron chi connectivity index (χ3n) is 5.37. The van der Waals surface area contributed by atoms with E-state index in [9.17, 15) is 9.59 Å². The molecule has 0 aromatic rings. The molecule has 1 atom stereocenters. The van der Waals surface area contributed by atoms with E-state index in [-0.39, 0.29) is 11.8 Å². The third kappa shape index (κ3) is 1.87. The van der Waals surface area contributed by atoms with Crippen molar-refractivity contribution >= 4 is 11.8 Å². The highest BCUT2D eigenvalue weighted by atomic mass is 16.2. The lowest BCUT2D eigenvalue weighted by Crippen LogP contribution is -2.75. The minimum atomic E-state index is -0.653. The molecule has 4 nitrogen and oxygen atoms in total. The molecule has 1 aliphatic heterocycles. The van der Waals surface area contributed by atoms with Crippen molar-refractivity contribution in [2.24, 2.45) is 11.8 Å². The average molecular weight is 278 g/mol. The first-order valence-electron chi connectivity index (χ1n) is 8.05. The van der Waals surface area contributed by atoms with Crippen LogP contribution in [0.5, 0.6) is 0 Å². The second-order valence-corrected chi connectivity index (χ2v) is 7.48. The van der Waals surface area contributed by atoms with E-state index in [1.54, 1.807) is 0 Å². The van der Waals surface area contributed by atoms with Crippen LogP contribution in [0, 0.1) is 11.8 Å². The molecule has 1 unspecified atom stereocenters. The zero-order valence-corrected chi connectivity index (χ0v) is 12.9. The summed E-state index contributed by atoms with van der Waals surface area (Å²) >= 11 is 0. The van der Waals surface area contributed by atoms with Gasteiger partial charge in [-0.2, -0.15) is 0 Å². The Kier molecular flexibility index (Phi) is 3.11. The molecular formula is C16H26N2O2. The molecule has 112 valence electrons. The summed E-state index contributed by atoms with van der Waals surface area (Å²) in [4.78, 5) is 27.8. The van der Waals surface area contributed by atoms with Crippen LogP contribution in [0.1, 0.15) is 59.3 Å². The van der Waals surface area contributed by atoms with E-state index >= 15 is 0 Å². The summed E-state index contributed by atoms with van der Waals surface area (Å²) < 4.78 is 0. The molecule has 0 bridgehead atoms. The highest BCUT2D eigenvalue weighted by Gasteiger charge is 2.61. The van der Waals surface area contributed by atoms with Gasteiger partial charge in [-0.05, 0) is 44.4 Å². The summed E-state index contributed by atoms with van der Waals surface area (Å²) in [6.45, 7) is 6.88. The Hall–Kier alpha value is -1.06. The summed E-state index contributed by atoms with van der Waals surface area (Å²) in [5.74, 6) is 0.998. The summed E-state index contributed by atoms with van der Waals surface area (Å²) in [6, 6.07) is 0. The van der Waals surface area contributed by atoms with Crippen LogP contribution in [0.4, 0.5) is 0 Å². The van der Waals surface area contributed by atoms with Gasteiger partial charge in [-0.25, -0.2) is 0 Å². The van der Waals surface area contributed by atoms with Crippen LogP contribution in [-0.2, 0) is 9.59 Å². The highest BCUT2D eigenvalue weighted by molar-refractivity contribution is 6.02. The van der Waals surface area contributed by atoms with Crippen LogP contribution in [-0.4, -0.2) is 34.3 Å². The minimum absolute atomic E-state index is 0.102. The minimum Gasteiger partial charge on any atom is -0.340 e. The Labute approximate surface area is 121 Å². The van der Waals surface area contributed by atoms with Crippen molar-refractivity contribution in [1.29, 1.82) is 0 Å². The van der Waals surface area contributed by atoms with Crippen molar-refractivity contribution in [1.82, 2.24) is 10.2 Å². The second-order valence-electron chi connectivity index (χ2n) is 7.48. The summed E-state index contributed by atoms with van der Waals surface area (Å²) in [5, 5.41) is 3.11. The number of nitrogens with one attached hydrogen (secondary N) is 1. The van der Waals surface area contributed by atoms with Crippen LogP contribution in [0.2, 0.25) is 0 Å². The quantitative estimate of drug-likeness (QED) is 0.859. The van der Waals surface area contributed by atoms with Crippen molar-refractivity contribution in [3.05, 3.63) is 0 Å². The lowest BCUT2D eigenvalue weighted by Gasteiger charge is -2.51. The average Bonchev–Trinajstić information content (AvgIpc) is 3.12. The Morgan fingerprint density at radius 2 is 1.85 bits per heavy atom. The molecule has 3 aliphatic rings. The van der Waals surface area contributed by atoms with Crippen LogP contribution < -0.4 is 5.32 Å². The van der Waals surface area contributed by atoms with Gasteiger partial charge in [-0.15, -0.1) is 0 Å². The Morgan fingerprint density at radius 1 is 1.25 bits per heavy atom. The molecule has 0 radical (unpaired) electrons. The van der Waals surface area contributed by atoms with Gasteiger partial charge < -0.3 is 10.2 Å². The van der Waals surface area contributed by atoms with Gasteiger partial charge in [0.1, 0.15) is 11.1 Å². The molecule has 1 N–H and O–H groups in total. The van der Waals surface area contributed by atoms with Crippen LogP contribution in [0.15, 0.2) is 0 Å². The molecule has 2 aliphatic carbocycles. The first-order chi connectivity index (χ1) is 9.40. The maximum absolute atomic E-state index is 13.1. The number of rotatable bonds is 3. The number of amides is 2. The zero-order chi connectivity index (χ0) is 14.5. The van der Waals surface area contributed by atoms with Gasteiger partial charge >= 0.3 is 0 Å². The molecule has 4 heteroatoms. The lowest BCUT2D eigenvalue weighted by molar-refractivity contribution is -0.164. The standard InChI is InChI=1S/C16H26N2O2/c1-11(2)10-18-14(20)15(3,12-6-7-12)17-13(19)16(18)8-4-5-9-16/h11-12H,4-10H2,1-3H3,(H,17,19). The Bertz CT molecular complexity index is 436. The second kappa shape index (κ2) is 4.47. The molecule has 20 heavy (non-hydrogen) atoms. The van der Waals surface area contributed by atoms with Crippen molar-refractivity contribution < 1.29 is 9.59 Å². The number of hydrogen-bond acceptors (Lipinski definition) is 2. The van der Waals surface area contributed by atoms with Crippen molar-refractivity contribution in [2.75, 3.05) is 6.54 Å². The van der Waals surface area contributed by atoms with E-state index < -0.39 is 11.1 Å². The van der Waals surface area contributed by atoms with Gasteiger partial charge in [0.25, 0.3) is 0 Å². The fourth-order valence-corrected chi connectivity index (χ4v) is 4.02. The monoisotopic (exact) mass is 278 g/mol. The Morgan fingerprint density at radius 3 is 2.35 bits per heavy atom. The summed E-state index contributed by atoms with van der Waals surface area (Å²) in [7, 11) is 0. The zero-order valence-electron chi connectivity index (χ0n) is 12.9. The van der Waals surface area contributed by atoms with E-state index in [4.69, 9.17) is 0 Å². The lowest BCUT2D eigenvalue weighted by atomic mass is 9.81. The third-order valence-corrected chi connectivity index (χ3v) is 5.37. The van der Waals surface area contributed by atoms with E-state index in [0.29, 0.717) is 18.4 Å². The molecule has 2 amide bonds. The van der Waals surface area contributed by atoms with Gasteiger partial charge in [-0.1, -0.05) is 26.7 Å². The largest absolute Gasteiger partial charge is 0.340 e. The summed E-state index contributed by atoms with van der Waals surface area (Å²) in [5.41, 5.74) is -1.20. The highest BCUT2D eigenvalue weighted by Crippen LogP contribution is 2.47. The maximum atomic E-state index is 13.1. The molecule has 1 spiro atoms. The van der Waals surface area contributed by atoms with E-state index in [0.717, 1.165) is 38.5 Å². The predicted molar refractivity (Wildman–Crippen MR) is 77.0 cm³/mol. The molecule has 2 saturated carbocycles. The number of carbonyl (C=O) groups excluding carboxylic acids is 2. The molecule has 1 saturated heterocycles. The molecule has 3 rings (SSSR count). The number of hydrogen-bond donors (Lipinski definition) is 1. The van der Waals surface area contributed by atoms with E-state index in [1.165, 1.54) is 0 Å². The fraction of sp³-hybridized carbons (Fsp3) is 0.875. The topological polar surface area (TPSA) is 49.4 Å². The summed E-state index contributed by atoms with van der Waals surface area (Å²) in [6.07, 6.45) is 5.89. The number of piperazine rings is 1. The van der Waals surface area contributed by atoms with Crippen molar-refractivity contribution in [3.8, 4) is 0 Å². The normalized spacial score (nSPS) is 33.1. The van der Waals surface area contributed by atoms with E-state index in [1.807, 2.05) is 11.8 Å². The maximum Gasteiger partial charge on any atom is 0.249 e. The van der Waals surface area contributed by atoms with Gasteiger partial charge in [0.2, 0.25) is 11.8 Å². The number of nitrogens with zero attached hydrogens (tertiary/aromatic N) is 1. The van der Waals surface area contributed by atoms with Crippen molar-refractivity contribution in [2.45, 2.75) is 70.4 Å². The van der Waals surface area contributed by atoms with Crippen LogP contribution >= 0.6 is 0 Å². The van der Waals surface area contributed by atoms with Crippen LogP contribution in [0.25, 0.3) is 0 Å². The van der Waals surface area contributed by atoms with Crippen molar-refractivity contribution in [3.63, 3.8) is 0 Å². The smallest absolute Gasteiger partial charge is 0.249 e. The SMILES string of the molecule is CC(C)CN1C(=O)C(C)(C2CC2)NC(=O)C12CCCC2. The van der Waals surface area contributed by atoms with Gasteiger partial charge in [-0.3, -0.25) is 9.59 Å². The fourth-order valence-electron chi connectivity index (χ4n) is 4.02. The van der Waals surface area contributed by atoms with Gasteiger partial charge in [0, 0.05) is 6.54 Å². The Balaban J connectivity index is 1.96. The first kappa shape index (κ1) is 13.9. The first-order valence-corrected chi connectivity index (χ1v) is 8.05. The molecule has 0 aromatic carbocycles. The number of carbonyl (C=O) groups is 2. The molecule has 0 aromatic heterocycles. The van der Waals surface area contributed by atoms with Crippen LogP contribution in [0.3, 0.4) is 0 Å². The van der Waals surface area contributed by atoms with E-state index in [2.05, 4.69) is 19.2 Å².